The molecule has 202 valence electrons. The van der Waals surface area contributed by atoms with Crippen LogP contribution in [0.2, 0.25) is 0 Å². The van der Waals surface area contributed by atoms with Gasteiger partial charge in [0.05, 0.1) is 18.9 Å². The van der Waals surface area contributed by atoms with Crippen LogP contribution >= 0.6 is 0 Å². The van der Waals surface area contributed by atoms with Crippen molar-refractivity contribution < 1.29 is 27.8 Å². The van der Waals surface area contributed by atoms with E-state index in [-0.39, 0.29) is 25.4 Å². The molecule has 10 heteroatoms. The fourth-order valence-corrected chi connectivity index (χ4v) is 7.54. The highest BCUT2D eigenvalue weighted by Gasteiger charge is 2.55. The topological polar surface area (TPSA) is 118 Å². The van der Waals surface area contributed by atoms with Gasteiger partial charge in [0.2, 0.25) is 15.9 Å². The zero-order chi connectivity index (χ0) is 26.6. The van der Waals surface area contributed by atoms with E-state index in [1.165, 1.54) is 17.0 Å². The number of rotatable bonds is 8. The largest absolute Gasteiger partial charge is 0.475 e. The summed E-state index contributed by atoms with van der Waals surface area (Å²) in [7, 11) is -2.59. The number of pyridine rings is 1. The number of esters is 1. The van der Waals surface area contributed by atoms with Gasteiger partial charge in [0.1, 0.15) is 6.61 Å². The third kappa shape index (κ3) is 5.67. The van der Waals surface area contributed by atoms with E-state index in [4.69, 9.17) is 9.47 Å². The quantitative estimate of drug-likeness (QED) is 0.499. The lowest BCUT2D eigenvalue weighted by atomic mass is 9.88. The van der Waals surface area contributed by atoms with Crippen LogP contribution < -0.4 is 10.1 Å². The van der Waals surface area contributed by atoms with Gasteiger partial charge in [0.15, 0.2) is 4.75 Å². The van der Waals surface area contributed by atoms with E-state index < -0.39 is 26.8 Å². The van der Waals surface area contributed by atoms with Crippen molar-refractivity contribution >= 4 is 16.0 Å². The minimum absolute atomic E-state index is 0.181. The number of hydrogen-bond donors (Lipinski definition) is 2. The Balaban J connectivity index is 1.46. The number of aromatic nitrogens is 1. The molecule has 37 heavy (non-hydrogen) atoms. The van der Waals surface area contributed by atoms with Gasteiger partial charge in [-0.15, -0.1) is 0 Å². The Bertz CT molecular complexity index is 1200. The minimum Gasteiger partial charge on any atom is -0.475 e. The maximum Gasteiger partial charge on any atom is 0.328 e. The molecule has 3 heterocycles. The first-order chi connectivity index (χ1) is 17.7. The molecule has 1 unspecified atom stereocenters. The molecule has 4 rings (SSSR count). The summed E-state index contributed by atoms with van der Waals surface area (Å²) in [4.78, 5) is 17.2. The van der Waals surface area contributed by atoms with Crippen LogP contribution in [0.15, 0.2) is 36.4 Å². The van der Waals surface area contributed by atoms with Gasteiger partial charge in [-0.2, -0.15) is 0 Å². The van der Waals surface area contributed by atoms with Crippen LogP contribution in [-0.4, -0.2) is 79.5 Å². The smallest absolute Gasteiger partial charge is 0.328 e. The molecule has 2 aromatic rings. The normalized spacial score (nSPS) is 19.8. The molecule has 2 fully saturated rings. The second-order valence-electron chi connectivity index (χ2n) is 10.0. The molecule has 1 atom stereocenters. The number of sulfonamides is 1. The Kier molecular flexibility index (Phi) is 8.52. The molecule has 2 aliphatic heterocycles. The molecule has 0 amide bonds. The number of piperidine rings is 2. The van der Waals surface area contributed by atoms with Gasteiger partial charge in [-0.1, -0.05) is 24.3 Å². The molecule has 0 radical (unpaired) electrons. The zero-order valence-corrected chi connectivity index (χ0v) is 22.6. The van der Waals surface area contributed by atoms with E-state index in [0.717, 1.165) is 16.8 Å². The number of aliphatic hydroxyl groups is 1. The summed E-state index contributed by atoms with van der Waals surface area (Å²) in [6.07, 6.45) is 1.26. The summed E-state index contributed by atoms with van der Waals surface area (Å²) in [6.45, 7) is 5.59. The number of aryl methyl sites for hydroxylation is 1. The van der Waals surface area contributed by atoms with Gasteiger partial charge in [0, 0.05) is 24.7 Å². The molecule has 0 bridgehead atoms. The van der Waals surface area contributed by atoms with Crippen LogP contribution in [0.1, 0.15) is 49.7 Å². The van der Waals surface area contributed by atoms with E-state index in [1.54, 1.807) is 13.0 Å². The molecule has 2 N–H and O–H groups in total. The van der Waals surface area contributed by atoms with Crippen LogP contribution in [0.4, 0.5) is 0 Å². The molecular weight excluding hydrogens is 494 g/mol. The number of carbonyl (C=O) groups is 1. The lowest BCUT2D eigenvalue weighted by Crippen LogP contribution is -2.59. The van der Waals surface area contributed by atoms with E-state index >= 15 is 0 Å². The second kappa shape index (κ2) is 11.5. The summed E-state index contributed by atoms with van der Waals surface area (Å²) in [5, 5.41) is 12.6. The Morgan fingerprint density at radius 2 is 1.92 bits per heavy atom. The molecule has 1 aromatic heterocycles. The third-order valence-corrected chi connectivity index (χ3v) is 10.1. The van der Waals surface area contributed by atoms with Crippen LogP contribution in [0.3, 0.4) is 0 Å². The summed E-state index contributed by atoms with van der Waals surface area (Å²) in [6, 6.07) is 11.9. The number of nitrogens with one attached hydrogen (secondary N) is 1. The number of aliphatic hydroxyl groups excluding tert-OH is 1. The van der Waals surface area contributed by atoms with Gasteiger partial charge in [0.25, 0.3) is 0 Å². The number of hydrogen-bond acceptors (Lipinski definition) is 8. The van der Waals surface area contributed by atoms with Gasteiger partial charge >= 0.3 is 5.97 Å². The molecule has 2 aliphatic rings. The number of carbonyl (C=O) groups excluding carboxylic acids is 1. The highest BCUT2D eigenvalue weighted by Crippen LogP contribution is 2.37. The first-order valence-electron chi connectivity index (χ1n) is 12.9. The predicted octanol–water partition coefficient (Wildman–Crippen LogP) is 2.62. The van der Waals surface area contributed by atoms with Crippen molar-refractivity contribution in [3.63, 3.8) is 0 Å². The van der Waals surface area contributed by atoms with Gasteiger partial charge < -0.3 is 19.9 Å². The first kappa shape index (κ1) is 27.5. The van der Waals surface area contributed by atoms with E-state index in [1.807, 2.05) is 19.1 Å². The number of methoxy groups -OCH3 is 1. The predicted molar refractivity (Wildman–Crippen MR) is 141 cm³/mol. The molecule has 0 saturated carbocycles. The van der Waals surface area contributed by atoms with Crippen LogP contribution in [0.25, 0.3) is 11.3 Å². The van der Waals surface area contributed by atoms with Gasteiger partial charge in [-0.25, -0.2) is 17.7 Å². The van der Waals surface area contributed by atoms with Crippen molar-refractivity contribution in [1.82, 2.24) is 14.6 Å². The van der Waals surface area contributed by atoms with Gasteiger partial charge in [-0.3, -0.25) is 4.79 Å². The Morgan fingerprint density at radius 1 is 1.22 bits per heavy atom. The molecule has 2 saturated heterocycles. The third-order valence-electron chi connectivity index (χ3n) is 7.45. The Morgan fingerprint density at radius 3 is 2.54 bits per heavy atom. The van der Waals surface area contributed by atoms with Crippen molar-refractivity contribution in [2.24, 2.45) is 0 Å². The van der Waals surface area contributed by atoms with Crippen molar-refractivity contribution in [2.45, 2.75) is 56.3 Å². The van der Waals surface area contributed by atoms with Crippen molar-refractivity contribution in [1.29, 1.82) is 0 Å². The average molecular weight is 532 g/mol. The Hall–Kier alpha value is -2.53. The fraction of sp³-hybridized carbons (Fsp3) is 0.556. The highest BCUT2D eigenvalue weighted by atomic mass is 32.2. The van der Waals surface area contributed by atoms with Crippen molar-refractivity contribution in [3.8, 4) is 17.1 Å². The van der Waals surface area contributed by atoms with Crippen molar-refractivity contribution in [3.05, 3.63) is 47.5 Å². The standard InChI is InChI=1S/C27H37N3O6S/c1-19-17-22(7-8-23(19)24-5-4-6-25(29-24)36-18-20(2)31)21-9-15-30(16-10-21)37(33,34)27(26(32)35-3)11-13-28-14-12-27/h4-8,17,20-21,28,31H,9-16,18H2,1-3H3. The number of ether oxygens (including phenoxy) is 2. The van der Waals surface area contributed by atoms with Crippen LogP contribution in [0.5, 0.6) is 5.88 Å². The summed E-state index contributed by atoms with van der Waals surface area (Å²) in [5.74, 6) is 0.0418. The first-order valence-corrected chi connectivity index (χ1v) is 14.3. The molecule has 9 nitrogen and oxygen atoms in total. The molecule has 1 aromatic carbocycles. The monoisotopic (exact) mass is 531 g/mol. The summed E-state index contributed by atoms with van der Waals surface area (Å²) in [5.41, 5.74) is 4.04. The van der Waals surface area contributed by atoms with E-state index in [9.17, 15) is 18.3 Å². The number of nitrogens with zero attached hydrogens (tertiary/aromatic N) is 2. The molecular formula is C27H37N3O6S. The second-order valence-corrected chi connectivity index (χ2v) is 12.3. The highest BCUT2D eigenvalue weighted by molar-refractivity contribution is 7.91. The van der Waals surface area contributed by atoms with E-state index in [0.29, 0.717) is 44.9 Å². The zero-order valence-electron chi connectivity index (χ0n) is 21.8. The van der Waals surface area contributed by atoms with Crippen molar-refractivity contribution in [2.75, 3.05) is 39.9 Å². The maximum atomic E-state index is 13.6. The van der Waals surface area contributed by atoms with E-state index in [2.05, 4.69) is 28.5 Å². The summed E-state index contributed by atoms with van der Waals surface area (Å²) >= 11 is 0. The average Bonchev–Trinajstić information content (AvgIpc) is 2.92. The lowest BCUT2D eigenvalue weighted by Gasteiger charge is -2.40. The minimum atomic E-state index is -3.85. The van der Waals surface area contributed by atoms with Crippen LogP contribution in [-0.2, 0) is 19.6 Å². The SMILES string of the molecule is COC(=O)C1(S(=O)(=O)N2CCC(c3ccc(-c4cccc(OCC(C)O)n4)c(C)c3)CC2)CCNCC1. The maximum absolute atomic E-state index is 13.6. The molecule has 0 aliphatic carbocycles. The number of benzene rings is 1. The Labute approximate surface area is 219 Å². The lowest BCUT2D eigenvalue weighted by molar-refractivity contribution is -0.144. The fourth-order valence-electron chi connectivity index (χ4n) is 5.34. The molecule has 0 spiro atoms. The van der Waals surface area contributed by atoms with Gasteiger partial charge in [-0.05, 0) is 75.7 Å². The summed E-state index contributed by atoms with van der Waals surface area (Å²) < 4.78 is 37.8. The van der Waals surface area contributed by atoms with Crippen LogP contribution in [0, 0.1) is 6.92 Å².